The Kier molecular flexibility index (Phi) is 5.41. The van der Waals surface area contributed by atoms with E-state index in [9.17, 15) is 4.79 Å². The molecule has 1 fully saturated rings. The Hall–Kier alpha value is -1.55. The van der Waals surface area contributed by atoms with Gasteiger partial charge in [0.2, 0.25) is 5.91 Å². The van der Waals surface area contributed by atoms with Crippen molar-refractivity contribution in [2.75, 3.05) is 20.2 Å². The topological polar surface area (TPSA) is 41.6 Å². The molecule has 1 aromatic carbocycles. The van der Waals surface area contributed by atoms with Crippen LogP contribution in [0.25, 0.3) is 0 Å². The maximum atomic E-state index is 12.0. The number of ether oxygens (including phenoxy) is 1. The minimum absolute atomic E-state index is 0.0553. The standard InChI is InChI=1S/C16H24N2O2/c1-3-4-5-8-11-18-15(19)12-17-16(18)13-9-6-7-10-14(13)20-2/h6-7,9-10,16-17H,3-5,8,11-12H2,1-2H3. The van der Waals surface area contributed by atoms with Crippen LogP contribution in [0.5, 0.6) is 5.75 Å². The number of carbonyl (C=O) groups excluding carboxylic acids is 1. The highest BCUT2D eigenvalue weighted by molar-refractivity contribution is 5.81. The first kappa shape index (κ1) is 14.9. The zero-order valence-corrected chi connectivity index (χ0v) is 12.4. The minimum Gasteiger partial charge on any atom is -0.496 e. The maximum Gasteiger partial charge on any atom is 0.238 e. The van der Waals surface area contributed by atoms with Gasteiger partial charge in [0, 0.05) is 12.1 Å². The van der Waals surface area contributed by atoms with Gasteiger partial charge < -0.3 is 9.64 Å². The van der Waals surface area contributed by atoms with E-state index in [-0.39, 0.29) is 12.1 Å². The number of nitrogens with one attached hydrogen (secondary N) is 1. The van der Waals surface area contributed by atoms with Gasteiger partial charge in [-0.05, 0) is 12.5 Å². The fourth-order valence-electron chi connectivity index (χ4n) is 2.67. The molecule has 0 aliphatic carbocycles. The van der Waals surface area contributed by atoms with E-state index in [1.807, 2.05) is 29.2 Å². The molecule has 4 nitrogen and oxygen atoms in total. The van der Waals surface area contributed by atoms with Crippen LogP contribution >= 0.6 is 0 Å². The highest BCUT2D eigenvalue weighted by atomic mass is 16.5. The van der Waals surface area contributed by atoms with Gasteiger partial charge in [0.1, 0.15) is 11.9 Å². The molecule has 20 heavy (non-hydrogen) atoms. The van der Waals surface area contributed by atoms with Gasteiger partial charge in [-0.15, -0.1) is 0 Å². The number of para-hydroxylation sites is 1. The largest absolute Gasteiger partial charge is 0.496 e. The van der Waals surface area contributed by atoms with Gasteiger partial charge in [-0.2, -0.15) is 0 Å². The Bertz CT molecular complexity index is 448. The maximum absolute atomic E-state index is 12.0. The minimum atomic E-state index is -0.0553. The number of methoxy groups -OCH3 is 1. The molecule has 1 aliphatic rings. The number of hydrogen-bond donors (Lipinski definition) is 1. The summed E-state index contributed by atoms with van der Waals surface area (Å²) in [5.74, 6) is 1.01. The lowest BCUT2D eigenvalue weighted by Gasteiger charge is -2.26. The molecule has 1 heterocycles. The number of rotatable bonds is 7. The molecule has 1 aromatic rings. The van der Waals surface area contributed by atoms with E-state index in [4.69, 9.17) is 4.74 Å². The predicted octanol–water partition coefficient (Wildman–Crippen LogP) is 2.71. The van der Waals surface area contributed by atoms with Crippen molar-refractivity contribution in [1.29, 1.82) is 0 Å². The Morgan fingerprint density at radius 3 is 2.85 bits per heavy atom. The van der Waals surface area contributed by atoms with Crippen LogP contribution in [0.3, 0.4) is 0 Å². The van der Waals surface area contributed by atoms with Crippen molar-refractivity contribution in [1.82, 2.24) is 10.2 Å². The number of benzene rings is 1. The summed E-state index contributed by atoms with van der Waals surface area (Å²) in [6.45, 7) is 3.42. The lowest BCUT2D eigenvalue weighted by atomic mass is 10.1. The third-order valence-corrected chi connectivity index (χ3v) is 3.76. The summed E-state index contributed by atoms with van der Waals surface area (Å²) < 4.78 is 5.41. The van der Waals surface area contributed by atoms with Crippen LogP contribution in [0.4, 0.5) is 0 Å². The first-order chi connectivity index (χ1) is 9.77. The van der Waals surface area contributed by atoms with E-state index in [1.54, 1.807) is 7.11 Å². The van der Waals surface area contributed by atoms with Crippen molar-refractivity contribution in [3.63, 3.8) is 0 Å². The summed E-state index contributed by atoms with van der Waals surface area (Å²) in [5.41, 5.74) is 1.04. The lowest BCUT2D eigenvalue weighted by Crippen LogP contribution is -2.31. The second kappa shape index (κ2) is 7.29. The smallest absolute Gasteiger partial charge is 0.238 e. The molecule has 1 atom stereocenters. The molecule has 0 aromatic heterocycles. The molecule has 110 valence electrons. The third-order valence-electron chi connectivity index (χ3n) is 3.76. The Morgan fingerprint density at radius 2 is 2.10 bits per heavy atom. The van der Waals surface area contributed by atoms with Crippen molar-refractivity contribution >= 4 is 5.91 Å². The third kappa shape index (κ3) is 3.31. The van der Waals surface area contributed by atoms with Crippen LogP contribution in [-0.4, -0.2) is 31.0 Å². The van der Waals surface area contributed by atoms with Crippen LogP contribution in [0.1, 0.15) is 44.3 Å². The van der Waals surface area contributed by atoms with E-state index in [0.717, 1.165) is 24.3 Å². The fourth-order valence-corrected chi connectivity index (χ4v) is 2.67. The molecule has 0 radical (unpaired) electrons. The molecule has 2 rings (SSSR count). The van der Waals surface area contributed by atoms with E-state index in [1.165, 1.54) is 19.3 Å². The molecule has 4 heteroatoms. The monoisotopic (exact) mass is 276 g/mol. The molecular weight excluding hydrogens is 252 g/mol. The summed E-state index contributed by atoms with van der Waals surface area (Å²) >= 11 is 0. The second-order valence-electron chi connectivity index (χ2n) is 5.17. The first-order valence-corrected chi connectivity index (χ1v) is 7.43. The predicted molar refractivity (Wildman–Crippen MR) is 79.6 cm³/mol. The summed E-state index contributed by atoms with van der Waals surface area (Å²) in [6.07, 6.45) is 4.63. The molecule has 0 spiro atoms. The Morgan fingerprint density at radius 1 is 1.30 bits per heavy atom. The first-order valence-electron chi connectivity index (χ1n) is 7.43. The fraction of sp³-hybridized carbons (Fsp3) is 0.562. The van der Waals surface area contributed by atoms with Crippen LogP contribution in [-0.2, 0) is 4.79 Å². The van der Waals surface area contributed by atoms with Gasteiger partial charge in [0.25, 0.3) is 0 Å². The quantitative estimate of drug-likeness (QED) is 0.779. The van der Waals surface area contributed by atoms with Gasteiger partial charge in [0.05, 0.1) is 13.7 Å². The second-order valence-corrected chi connectivity index (χ2v) is 5.17. The van der Waals surface area contributed by atoms with E-state index < -0.39 is 0 Å². The zero-order chi connectivity index (χ0) is 14.4. The molecule has 1 unspecified atom stereocenters. The van der Waals surface area contributed by atoms with Gasteiger partial charge in [0.15, 0.2) is 0 Å². The van der Waals surface area contributed by atoms with E-state index >= 15 is 0 Å². The van der Waals surface area contributed by atoms with E-state index in [0.29, 0.717) is 6.54 Å². The normalized spacial score (nSPS) is 18.6. The van der Waals surface area contributed by atoms with Crippen molar-refractivity contribution < 1.29 is 9.53 Å². The molecule has 1 saturated heterocycles. The molecule has 0 bridgehead atoms. The summed E-state index contributed by atoms with van der Waals surface area (Å²) in [5, 5.41) is 3.28. The molecular formula is C16H24N2O2. The summed E-state index contributed by atoms with van der Waals surface area (Å²) in [6, 6.07) is 7.89. The van der Waals surface area contributed by atoms with Crippen LogP contribution in [0.2, 0.25) is 0 Å². The van der Waals surface area contributed by atoms with E-state index in [2.05, 4.69) is 12.2 Å². The van der Waals surface area contributed by atoms with Crippen molar-refractivity contribution in [3.05, 3.63) is 29.8 Å². The number of amides is 1. The van der Waals surface area contributed by atoms with Crippen molar-refractivity contribution in [2.45, 2.75) is 38.8 Å². The molecule has 0 saturated carbocycles. The molecule has 1 N–H and O–H groups in total. The average Bonchev–Trinajstić information content (AvgIpc) is 2.84. The van der Waals surface area contributed by atoms with Gasteiger partial charge >= 0.3 is 0 Å². The average molecular weight is 276 g/mol. The summed E-state index contributed by atoms with van der Waals surface area (Å²) in [7, 11) is 1.67. The Balaban J connectivity index is 2.07. The van der Waals surface area contributed by atoms with Gasteiger partial charge in [-0.3, -0.25) is 10.1 Å². The number of unbranched alkanes of at least 4 members (excludes halogenated alkanes) is 3. The van der Waals surface area contributed by atoms with Crippen molar-refractivity contribution in [3.8, 4) is 5.75 Å². The van der Waals surface area contributed by atoms with Gasteiger partial charge in [-0.1, -0.05) is 44.4 Å². The van der Waals surface area contributed by atoms with Crippen LogP contribution < -0.4 is 10.1 Å². The number of nitrogens with zero attached hydrogens (tertiary/aromatic N) is 1. The SMILES string of the molecule is CCCCCCN1C(=O)CNC1c1ccccc1OC. The zero-order valence-electron chi connectivity index (χ0n) is 12.4. The van der Waals surface area contributed by atoms with Crippen molar-refractivity contribution in [2.24, 2.45) is 0 Å². The Labute approximate surface area is 121 Å². The summed E-state index contributed by atoms with van der Waals surface area (Å²) in [4.78, 5) is 14.0. The molecule has 1 amide bonds. The van der Waals surface area contributed by atoms with Gasteiger partial charge in [-0.25, -0.2) is 0 Å². The number of carbonyl (C=O) groups is 1. The number of hydrogen-bond acceptors (Lipinski definition) is 3. The molecule has 1 aliphatic heterocycles. The lowest BCUT2D eigenvalue weighted by molar-refractivity contribution is -0.128. The van der Waals surface area contributed by atoms with Crippen LogP contribution in [0, 0.1) is 0 Å². The highest BCUT2D eigenvalue weighted by Crippen LogP contribution is 2.30. The van der Waals surface area contributed by atoms with Crippen LogP contribution in [0.15, 0.2) is 24.3 Å². The highest BCUT2D eigenvalue weighted by Gasteiger charge is 2.32.